The minimum Gasteiger partial charge on any atom is -0.481 e. The number of hydrogen-bond acceptors (Lipinski definition) is 3. The topological polar surface area (TPSA) is 77.8 Å². The van der Waals surface area contributed by atoms with E-state index in [-0.39, 0.29) is 12.5 Å². The van der Waals surface area contributed by atoms with Crippen molar-refractivity contribution in [2.75, 3.05) is 6.61 Å². The summed E-state index contributed by atoms with van der Waals surface area (Å²) in [6.45, 7) is 4.22. The Labute approximate surface area is 212 Å². The van der Waals surface area contributed by atoms with Gasteiger partial charge in [0.05, 0.1) is 18.6 Å². The van der Waals surface area contributed by atoms with Gasteiger partial charge < -0.3 is 15.3 Å². The summed E-state index contributed by atoms with van der Waals surface area (Å²) in [5.41, 5.74) is 0. The number of aliphatic hydroxyl groups is 2. The van der Waals surface area contributed by atoms with Crippen molar-refractivity contribution in [2.24, 2.45) is 11.8 Å². The number of unbranched alkanes of at least 4 members (excludes halogenated alkanes) is 18. The Bertz CT molecular complexity index is 426. The van der Waals surface area contributed by atoms with Gasteiger partial charge in [0, 0.05) is 0 Å². The molecule has 3 unspecified atom stereocenters. The zero-order valence-corrected chi connectivity index (χ0v) is 23.0. The third-order valence-corrected chi connectivity index (χ3v) is 7.47. The van der Waals surface area contributed by atoms with E-state index in [9.17, 15) is 20.1 Å². The summed E-state index contributed by atoms with van der Waals surface area (Å²) in [4.78, 5) is 12.0. The largest absolute Gasteiger partial charge is 0.481 e. The van der Waals surface area contributed by atoms with Crippen molar-refractivity contribution >= 4 is 5.97 Å². The molecule has 4 nitrogen and oxygen atoms in total. The zero-order chi connectivity index (χ0) is 25.3. The third-order valence-electron chi connectivity index (χ3n) is 7.47. The number of hydrogen-bond donors (Lipinski definition) is 3. The van der Waals surface area contributed by atoms with Crippen molar-refractivity contribution in [3.05, 3.63) is 0 Å². The van der Waals surface area contributed by atoms with Crippen LogP contribution in [0.1, 0.15) is 162 Å². The van der Waals surface area contributed by atoms with Crippen LogP contribution in [0.15, 0.2) is 0 Å². The van der Waals surface area contributed by atoms with E-state index in [4.69, 9.17) is 0 Å². The van der Waals surface area contributed by atoms with Gasteiger partial charge >= 0.3 is 5.97 Å². The first-order valence-electron chi connectivity index (χ1n) is 15.1. The highest BCUT2D eigenvalue weighted by Gasteiger charge is 2.29. The van der Waals surface area contributed by atoms with Crippen LogP contribution in [-0.4, -0.2) is 34.0 Å². The van der Waals surface area contributed by atoms with E-state index in [1.165, 1.54) is 103 Å². The fourth-order valence-corrected chi connectivity index (χ4v) is 5.21. The number of aliphatic hydroxyl groups excluding tert-OH is 2. The predicted octanol–water partition coefficient (Wildman–Crippen LogP) is 8.67. The molecule has 0 fully saturated rings. The molecular weight excluding hydrogens is 424 g/mol. The monoisotopic (exact) mass is 484 g/mol. The zero-order valence-electron chi connectivity index (χ0n) is 23.0. The van der Waals surface area contributed by atoms with E-state index in [0.29, 0.717) is 12.8 Å². The lowest BCUT2D eigenvalue weighted by Crippen LogP contribution is -2.28. The van der Waals surface area contributed by atoms with E-state index >= 15 is 0 Å². The smallest absolute Gasteiger partial charge is 0.306 e. The van der Waals surface area contributed by atoms with Gasteiger partial charge in [-0.1, -0.05) is 142 Å². The molecule has 0 aliphatic heterocycles. The van der Waals surface area contributed by atoms with Crippen LogP contribution in [-0.2, 0) is 4.79 Å². The SMILES string of the molecule is CCCCCCCCCCCCC(CC(O)CO)C(CCCCCCCCCCCC)C(=O)O. The second kappa shape index (κ2) is 25.5. The van der Waals surface area contributed by atoms with Gasteiger partial charge in [0.2, 0.25) is 0 Å². The molecule has 0 aliphatic carbocycles. The van der Waals surface area contributed by atoms with E-state index in [1.54, 1.807) is 0 Å². The first-order chi connectivity index (χ1) is 16.6. The van der Waals surface area contributed by atoms with Gasteiger partial charge in [-0.05, 0) is 25.2 Å². The van der Waals surface area contributed by atoms with Crippen LogP contribution < -0.4 is 0 Å². The van der Waals surface area contributed by atoms with Crippen LogP contribution in [0.3, 0.4) is 0 Å². The van der Waals surface area contributed by atoms with Gasteiger partial charge in [-0.2, -0.15) is 0 Å². The Morgan fingerprint density at radius 1 is 0.588 bits per heavy atom. The molecule has 0 aromatic carbocycles. The Hall–Kier alpha value is -0.610. The molecule has 0 spiro atoms. The minimum atomic E-state index is -0.803. The molecule has 0 bridgehead atoms. The van der Waals surface area contributed by atoms with Crippen molar-refractivity contribution in [2.45, 2.75) is 168 Å². The van der Waals surface area contributed by atoms with Crippen molar-refractivity contribution in [3.63, 3.8) is 0 Å². The summed E-state index contributed by atoms with van der Waals surface area (Å²) < 4.78 is 0. The Balaban J connectivity index is 4.18. The van der Waals surface area contributed by atoms with E-state index < -0.39 is 18.0 Å². The first kappa shape index (κ1) is 33.4. The molecule has 0 rings (SSSR count). The lowest BCUT2D eigenvalue weighted by atomic mass is 9.80. The van der Waals surface area contributed by atoms with Gasteiger partial charge in [-0.3, -0.25) is 4.79 Å². The highest BCUT2D eigenvalue weighted by Crippen LogP contribution is 2.29. The minimum absolute atomic E-state index is 0.0349. The Morgan fingerprint density at radius 2 is 0.941 bits per heavy atom. The average Bonchev–Trinajstić information content (AvgIpc) is 2.82. The van der Waals surface area contributed by atoms with E-state index in [1.807, 2.05) is 0 Å². The van der Waals surface area contributed by atoms with Crippen molar-refractivity contribution in [1.82, 2.24) is 0 Å². The van der Waals surface area contributed by atoms with Crippen LogP contribution in [0.4, 0.5) is 0 Å². The normalized spacial score (nSPS) is 14.2. The fourth-order valence-electron chi connectivity index (χ4n) is 5.21. The third kappa shape index (κ3) is 20.7. The van der Waals surface area contributed by atoms with Crippen molar-refractivity contribution in [3.8, 4) is 0 Å². The molecule has 0 saturated carbocycles. The molecule has 34 heavy (non-hydrogen) atoms. The highest BCUT2D eigenvalue weighted by molar-refractivity contribution is 5.70. The van der Waals surface area contributed by atoms with Gasteiger partial charge in [0.15, 0.2) is 0 Å². The summed E-state index contributed by atoms with van der Waals surface area (Å²) in [6.07, 6.45) is 26.3. The molecule has 0 radical (unpaired) electrons. The number of carbonyl (C=O) groups is 1. The molecule has 0 heterocycles. The fraction of sp³-hybridized carbons (Fsp3) is 0.967. The average molecular weight is 485 g/mol. The van der Waals surface area contributed by atoms with Crippen LogP contribution >= 0.6 is 0 Å². The Kier molecular flexibility index (Phi) is 25.0. The maximum absolute atomic E-state index is 12.0. The molecular formula is C30H60O4. The molecule has 204 valence electrons. The van der Waals surface area contributed by atoms with Crippen molar-refractivity contribution in [1.29, 1.82) is 0 Å². The molecule has 3 atom stereocenters. The van der Waals surface area contributed by atoms with E-state index in [2.05, 4.69) is 13.8 Å². The molecule has 3 N–H and O–H groups in total. The molecule has 0 aromatic rings. The van der Waals surface area contributed by atoms with Crippen molar-refractivity contribution < 1.29 is 20.1 Å². The summed E-state index contributed by atoms with van der Waals surface area (Å²) in [5.74, 6) is -1.15. The van der Waals surface area contributed by atoms with Gasteiger partial charge in [-0.25, -0.2) is 0 Å². The van der Waals surface area contributed by atoms with Crippen LogP contribution in [0.2, 0.25) is 0 Å². The van der Waals surface area contributed by atoms with Gasteiger partial charge in [-0.15, -0.1) is 0 Å². The summed E-state index contributed by atoms with van der Waals surface area (Å²) in [7, 11) is 0. The highest BCUT2D eigenvalue weighted by atomic mass is 16.4. The first-order valence-corrected chi connectivity index (χ1v) is 15.1. The quantitative estimate of drug-likeness (QED) is 0.102. The second-order valence-electron chi connectivity index (χ2n) is 10.7. The van der Waals surface area contributed by atoms with Crippen LogP contribution in [0.5, 0.6) is 0 Å². The van der Waals surface area contributed by atoms with Crippen LogP contribution in [0.25, 0.3) is 0 Å². The summed E-state index contributed by atoms with van der Waals surface area (Å²) in [6, 6.07) is 0. The molecule has 0 aliphatic rings. The van der Waals surface area contributed by atoms with E-state index in [0.717, 1.165) is 32.1 Å². The summed E-state index contributed by atoms with van der Waals surface area (Å²) in [5, 5.41) is 29.2. The summed E-state index contributed by atoms with van der Waals surface area (Å²) >= 11 is 0. The standard InChI is InChI=1S/C30H60O4/c1-3-5-7-9-11-13-15-17-19-21-23-27(25-28(32)26-31)29(30(33)34)24-22-20-18-16-14-12-10-8-6-4-2/h27-29,31-32H,3-26H2,1-2H3,(H,33,34). The maximum Gasteiger partial charge on any atom is 0.306 e. The number of aliphatic carboxylic acids is 1. The van der Waals surface area contributed by atoms with Gasteiger partial charge in [0.1, 0.15) is 0 Å². The lowest BCUT2D eigenvalue weighted by molar-refractivity contribution is -0.144. The second-order valence-corrected chi connectivity index (χ2v) is 10.7. The van der Waals surface area contributed by atoms with Gasteiger partial charge in [0.25, 0.3) is 0 Å². The maximum atomic E-state index is 12.0. The molecule has 4 heteroatoms. The molecule has 0 saturated heterocycles. The molecule has 0 aromatic heterocycles. The predicted molar refractivity (Wildman–Crippen MR) is 145 cm³/mol. The number of carboxylic acid groups (broad SMARTS) is 1. The Morgan fingerprint density at radius 3 is 1.29 bits per heavy atom. The lowest BCUT2D eigenvalue weighted by Gasteiger charge is -2.26. The number of rotatable bonds is 27. The number of carboxylic acids is 1. The van der Waals surface area contributed by atoms with Crippen LogP contribution in [0, 0.1) is 11.8 Å². The molecule has 0 amide bonds.